The number of likely N-dealkylation sites (tertiary alicyclic amines) is 1. The minimum Gasteiger partial charge on any atom is -0.397 e. The lowest BCUT2D eigenvalue weighted by atomic mass is 10.1. The minimum atomic E-state index is 0.891. The normalized spacial score (nSPS) is 16.2. The maximum atomic E-state index is 6.12. The van der Waals surface area contributed by atoms with E-state index in [9.17, 15) is 0 Å². The summed E-state index contributed by atoms with van der Waals surface area (Å²) >= 11 is 0. The van der Waals surface area contributed by atoms with Crippen molar-refractivity contribution in [3.63, 3.8) is 0 Å². The molecular weight excluding hydrogens is 222 g/mol. The summed E-state index contributed by atoms with van der Waals surface area (Å²) in [5.41, 5.74) is 10.8. The van der Waals surface area contributed by atoms with Gasteiger partial charge >= 0.3 is 0 Å². The Morgan fingerprint density at radius 2 is 1.78 bits per heavy atom. The van der Waals surface area contributed by atoms with Gasteiger partial charge in [-0.3, -0.25) is 0 Å². The molecule has 0 radical (unpaired) electrons. The highest BCUT2D eigenvalue weighted by Gasteiger charge is 2.13. The van der Waals surface area contributed by atoms with Crippen molar-refractivity contribution < 1.29 is 0 Å². The van der Waals surface area contributed by atoms with Crippen LogP contribution in [0.25, 0.3) is 0 Å². The molecule has 1 aromatic rings. The molecule has 1 aliphatic rings. The molecule has 3 nitrogen and oxygen atoms in total. The van der Waals surface area contributed by atoms with Gasteiger partial charge in [0.05, 0.1) is 11.4 Å². The van der Waals surface area contributed by atoms with Gasteiger partial charge in [0, 0.05) is 20.1 Å². The van der Waals surface area contributed by atoms with Crippen molar-refractivity contribution in [3.8, 4) is 0 Å². The number of nitrogens with two attached hydrogens (primary N) is 1. The van der Waals surface area contributed by atoms with E-state index in [2.05, 4.69) is 42.8 Å². The topological polar surface area (TPSA) is 32.5 Å². The first-order valence-corrected chi connectivity index (χ1v) is 6.88. The molecule has 0 atom stereocenters. The van der Waals surface area contributed by atoms with Crippen molar-refractivity contribution in [2.24, 2.45) is 0 Å². The van der Waals surface area contributed by atoms with Crippen LogP contribution in [0.2, 0.25) is 0 Å². The summed E-state index contributed by atoms with van der Waals surface area (Å²) in [5.74, 6) is 0. The number of aryl methyl sites for hydroxylation is 2. The number of nitrogen functional groups attached to an aromatic ring is 1. The molecule has 0 amide bonds. The molecule has 0 bridgehead atoms. The molecule has 18 heavy (non-hydrogen) atoms. The maximum absolute atomic E-state index is 6.12. The second-order valence-electron chi connectivity index (χ2n) is 5.47. The first-order valence-electron chi connectivity index (χ1n) is 6.88. The lowest BCUT2D eigenvalue weighted by molar-refractivity contribution is 0.347. The van der Waals surface area contributed by atoms with Crippen LogP contribution in [0.15, 0.2) is 12.1 Å². The molecule has 100 valence electrons. The van der Waals surface area contributed by atoms with Gasteiger partial charge in [0.25, 0.3) is 0 Å². The van der Waals surface area contributed by atoms with E-state index in [-0.39, 0.29) is 0 Å². The van der Waals surface area contributed by atoms with Crippen LogP contribution >= 0.6 is 0 Å². The summed E-state index contributed by atoms with van der Waals surface area (Å²) in [6, 6.07) is 4.28. The number of anilines is 2. The summed E-state index contributed by atoms with van der Waals surface area (Å²) in [6.07, 6.45) is 2.71. The second-order valence-corrected chi connectivity index (χ2v) is 5.47. The molecule has 2 N–H and O–H groups in total. The zero-order chi connectivity index (χ0) is 13.1. The summed E-state index contributed by atoms with van der Waals surface area (Å²) in [7, 11) is 2.14. The van der Waals surface area contributed by atoms with Gasteiger partial charge in [-0.1, -0.05) is 0 Å². The van der Waals surface area contributed by atoms with Crippen molar-refractivity contribution in [2.45, 2.75) is 26.7 Å². The summed E-state index contributed by atoms with van der Waals surface area (Å²) in [5, 5.41) is 0. The van der Waals surface area contributed by atoms with Crippen LogP contribution in [-0.2, 0) is 0 Å². The molecule has 0 aliphatic carbocycles. The quantitative estimate of drug-likeness (QED) is 0.829. The lowest BCUT2D eigenvalue weighted by Gasteiger charge is -2.25. The van der Waals surface area contributed by atoms with E-state index >= 15 is 0 Å². The molecule has 1 saturated heterocycles. The molecule has 0 aromatic heterocycles. The fourth-order valence-electron chi connectivity index (χ4n) is 2.57. The van der Waals surface area contributed by atoms with Crippen LogP contribution in [0.1, 0.15) is 24.0 Å². The Balaban J connectivity index is 1.99. The van der Waals surface area contributed by atoms with Crippen molar-refractivity contribution in [3.05, 3.63) is 23.3 Å². The number of likely N-dealkylation sites (N-methyl/N-ethyl adjacent to an activating group) is 1. The molecule has 1 aromatic carbocycles. The smallest absolute Gasteiger partial charge is 0.0600 e. The number of hydrogen-bond donors (Lipinski definition) is 1. The molecule has 1 aliphatic heterocycles. The third-order valence-electron chi connectivity index (χ3n) is 4.00. The second kappa shape index (κ2) is 5.61. The van der Waals surface area contributed by atoms with Gasteiger partial charge in [0.15, 0.2) is 0 Å². The maximum Gasteiger partial charge on any atom is 0.0600 e. The van der Waals surface area contributed by atoms with Crippen molar-refractivity contribution in [1.29, 1.82) is 0 Å². The van der Waals surface area contributed by atoms with Crippen molar-refractivity contribution >= 4 is 11.4 Å². The SMILES string of the molecule is Cc1cc(N)c(N(C)CCN2CCCC2)cc1C. The van der Waals surface area contributed by atoms with Crippen LogP contribution in [0.5, 0.6) is 0 Å². The van der Waals surface area contributed by atoms with Gasteiger partial charge < -0.3 is 15.5 Å². The molecule has 1 heterocycles. The van der Waals surface area contributed by atoms with E-state index < -0.39 is 0 Å². The number of nitrogens with zero attached hydrogens (tertiary/aromatic N) is 2. The Labute approximate surface area is 111 Å². The average Bonchev–Trinajstić information content (AvgIpc) is 2.84. The Hall–Kier alpha value is -1.22. The minimum absolute atomic E-state index is 0.891. The van der Waals surface area contributed by atoms with Crippen molar-refractivity contribution in [2.75, 3.05) is 43.9 Å². The number of hydrogen-bond acceptors (Lipinski definition) is 3. The lowest BCUT2D eigenvalue weighted by Crippen LogP contribution is -2.31. The van der Waals surface area contributed by atoms with E-state index in [1.807, 2.05) is 0 Å². The van der Waals surface area contributed by atoms with E-state index in [1.54, 1.807) is 0 Å². The van der Waals surface area contributed by atoms with E-state index in [4.69, 9.17) is 5.73 Å². The molecule has 3 heteroatoms. The van der Waals surface area contributed by atoms with E-state index in [0.29, 0.717) is 0 Å². The average molecular weight is 247 g/mol. The standard InChI is InChI=1S/C15H25N3/c1-12-10-14(16)15(11-13(12)2)17(3)8-9-18-6-4-5-7-18/h10-11H,4-9,16H2,1-3H3. The highest BCUT2D eigenvalue weighted by molar-refractivity contribution is 5.69. The fourth-order valence-corrected chi connectivity index (χ4v) is 2.57. The monoisotopic (exact) mass is 247 g/mol. The number of rotatable bonds is 4. The molecule has 1 fully saturated rings. The molecule has 2 rings (SSSR count). The van der Waals surface area contributed by atoms with Gasteiger partial charge in [-0.15, -0.1) is 0 Å². The first-order chi connectivity index (χ1) is 8.58. The van der Waals surface area contributed by atoms with Crippen LogP contribution < -0.4 is 10.6 Å². The zero-order valence-corrected chi connectivity index (χ0v) is 11.9. The molecule has 0 saturated carbocycles. The van der Waals surface area contributed by atoms with Gasteiger partial charge in [-0.05, 0) is 63.0 Å². The van der Waals surface area contributed by atoms with E-state index in [1.165, 1.54) is 37.1 Å². The van der Waals surface area contributed by atoms with E-state index in [0.717, 1.165) is 24.5 Å². The molecular formula is C15H25N3. The van der Waals surface area contributed by atoms with Crippen molar-refractivity contribution in [1.82, 2.24) is 4.90 Å². The predicted octanol–water partition coefficient (Wildman–Crippen LogP) is 2.42. The third kappa shape index (κ3) is 2.96. The largest absolute Gasteiger partial charge is 0.397 e. The third-order valence-corrected chi connectivity index (χ3v) is 4.00. The van der Waals surface area contributed by atoms with Gasteiger partial charge in [0.2, 0.25) is 0 Å². The Bertz CT molecular complexity index is 408. The highest BCUT2D eigenvalue weighted by atomic mass is 15.2. The number of benzene rings is 1. The summed E-state index contributed by atoms with van der Waals surface area (Å²) in [4.78, 5) is 4.81. The van der Waals surface area contributed by atoms with Crippen LogP contribution in [0, 0.1) is 13.8 Å². The summed E-state index contributed by atoms with van der Waals surface area (Å²) < 4.78 is 0. The Morgan fingerprint density at radius 3 is 2.44 bits per heavy atom. The predicted molar refractivity (Wildman–Crippen MR) is 79.3 cm³/mol. The van der Waals surface area contributed by atoms with Gasteiger partial charge in [-0.2, -0.15) is 0 Å². The van der Waals surface area contributed by atoms with Crippen LogP contribution in [-0.4, -0.2) is 38.1 Å². The summed E-state index contributed by atoms with van der Waals surface area (Å²) in [6.45, 7) is 8.97. The first kappa shape index (κ1) is 13.2. The van der Waals surface area contributed by atoms with Crippen LogP contribution in [0.3, 0.4) is 0 Å². The Kier molecular flexibility index (Phi) is 4.12. The fraction of sp³-hybridized carbons (Fsp3) is 0.600. The van der Waals surface area contributed by atoms with Gasteiger partial charge in [0.1, 0.15) is 0 Å². The van der Waals surface area contributed by atoms with Crippen LogP contribution in [0.4, 0.5) is 11.4 Å². The molecule has 0 unspecified atom stereocenters. The Morgan fingerprint density at radius 1 is 1.17 bits per heavy atom. The highest BCUT2D eigenvalue weighted by Crippen LogP contribution is 2.26. The van der Waals surface area contributed by atoms with Gasteiger partial charge in [-0.25, -0.2) is 0 Å². The zero-order valence-electron chi connectivity index (χ0n) is 11.9. The molecule has 0 spiro atoms.